The number of rotatable bonds is 9. The highest BCUT2D eigenvalue weighted by atomic mass is 28.4. The largest absolute Gasteiger partial charge is 0.457 e. The molecule has 252 valence electrons. The molecule has 4 aromatic carbocycles. The normalized spacial score (nSPS) is 20.2. The van der Waals surface area contributed by atoms with E-state index >= 15 is 0 Å². The molecule has 0 spiro atoms. The molecule has 1 heterocycles. The number of carbonyl (C=O) groups excluding carboxylic acids is 1. The van der Waals surface area contributed by atoms with E-state index in [0.717, 1.165) is 0 Å². The van der Waals surface area contributed by atoms with Gasteiger partial charge in [-0.05, 0) is 43.2 Å². The fourth-order valence-electron chi connectivity index (χ4n) is 7.37. The molecule has 48 heavy (non-hydrogen) atoms. The van der Waals surface area contributed by atoms with Crippen molar-refractivity contribution < 1.29 is 18.4 Å². The first-order chi connectivity index (χ1) is 22.9. The molecule has 0 aromatic heterocycles. The first-order valence-corrected chi connectivity index (χ1v) is 21.1. The Morgan fingerprint density at radius 3 is 1.44 bits per heavy atom. The van der Waals surface area contributed by atoms with Crippen molar-refractivity contribution in [2.45, 2.75) is 83.6 Å². The molecule has 5 rings (SSSR count). The van der Waals surface area contributed by atoms with Crippen LogP contribution < -0.4 is 20.7 Å². The minimum Gasteiger partial charge on any atom is -0.457 e. The van der Waals surface area contributed by atoms with E-state index in [0.29, 0.717) is 12.8 Å². The van der Waals surface area contributed by atoms with Crippen LogP contribution in [0, 0.1) is 5.92 Å². The van der Waals surface area contributed by atoms with Gasteiger partial charge in [-0.3, -0.25) is 4.79 Å². The smallest absolute Gasteiger partial charge is 0.306 e. The van der Waals surface area contributed by atoms with Crippen LogP contribution in [-0.2, 0) is 18.4 Å². The predicted molar refractivity (Wildman–Crippen MR) is 203 cm³/mol. The molecule has 3 atom stereocenters. The lowest BCUT2D eigenvalue weighted by Gasteiger charge is -2.47. The fraction of sp³-hybridized carbons (Fsp3) is 0.357. The summed E-state index contributed by atoms with van der Waals surface area (Å²) in [7, 11) is -5.90. The third kappa shape index (κ3) is 7.37. The monoisotopic (exact) mass is 676 g/mol. The van der Waals surface area contributed by atoms with Crippen LogP contribution in [0.2, 0.25) is 10.1 Å². The number of allylic oxidation sites excluding steroid dienone is 1. The minimum absolute atomic E-state index is 0.0716. The van der Waals surface area contributed by atoms with Gasteiger partial charge in [-0.15, -0.1) is 0 Å². The van der Waals surface area contributed by atoms with Crippen LogP contribution in [0.4, 0.5) is 0 Å². The molecule has 1 aliphatic rings. The molecule has 1 aliphatic heterocycles. The molecule has 6 heteroatoms. The maximum Gasteiger partial charge on any atom is 0.306 e. The Morgan fingerprint density at radius 2 is 1.04 bits per heavy atom. The summed E-state index contributed by atoms with van der Waals surface area (Å²) < 4.78 is 21.6. The van der Waals surface area contributed by atoms with E-state index in [9.17, 15) is 4.79 Å². The highest BCUT2D eigenvalue weighted by Gasteiger charge is 2.54. The lowest BCUT2D eigenvalue weighted by molar-refractivity contribution is -0.157. The van der Waals surface area contributed by atoms with Gasteiger partial charge in [-0.25, -0.2) is 0 Å². The topological polar surface area (TPSA) is 44.8 Å². The average molecular weight is 677 g/mol. The van der Waals surface area contributed by atoms with Gasteiger partial charge in [0.15, 0.2) is 0 Å². The lowest BCUT2D eigenvalue weighted by atomic mass is 10.1. The van der Waals surface area contributed by atoms with Crippen LogP contribution in [0.25, 0.3) is 0 Å². The first kappa shape index (κ1) is 35.7. The summed E-state index contributed by atoms with van der Waals surface area (Å²) in [6, 6.07) is 42.6. The standard InChI is InChI=1S/C42H52O4Si2/c1-33-21-20-30-38(46-48(42(5,6)7,36-26-16-10-17-27-36)37-28-18-11-19-29-37)39(45-40(43)31-33)32-44-47(41(2,3)4,34-22-12-8-13-23-34)35-24-14-9-15-25-35/h8-29,33,38-39H,30-32H2,1-7H3/b21-20-/t33-,38-,39+/m0/s1. The van der Waals surface area contributed by atoms with Gasteiger partial charge in [0.2, 0.25) is 0 Å². The molecule has 4 aromatic rings. The van der Waals surface area contributed by atoms with E-state index < -0.39 is 28.8 Å². The molecular weight excluding hydrogens is 625 g/mol. The van der Waals surface area contributed by atoms with E-state index in [1.807, 2.05) is 0 Å². The average Bonchev–Trinajstić information content (AvgIpc) is 3.12. The highest BCUT2D eigenvalue weighted by molar-refractivity contribution is 7.00. The highest BCUT2D eigenvalue weighted by Crippen LogP contribution is 2.40. The van der Waals surface area contributed by atoms with E-state index in [-0.39, 0.29) is 28.6 Å². The molecular formula is C42H52O4Si2. The molecule has 4 nitrogen and oxygen atoms in total. The Bertz CT molecular complexity index is 1550. The maximum atomic E-state index is 13.6. The molecule has 0 radical (unpaired) electrons. The van der Waals surface area contributed by atoms with Crippen LogP contribution in [0.15, 0.2) is 133 Å². The van der Waals surface area contributed by atoms with Crippen molar-refractivity contribution in [3.8, 4) is 0 Å². The lowest BCUT2D eigenvalue weighted by Crippen LogP contribution is -2.69. The van der Waals surface area contributed by atoms with Crippen molar-refractivity contribution in [2.24, 2.45) is 5.92 Å². The van der Waals surface area contributed by atoms with Gasteiger partial charge < -0.3 is 13.6 Å². The van der Waals surface area contributed by atoms with E-state index in [4.69, 9.17) is 13.6 Å². The molecule has 0 fully saturated rings. The van der Waals surface area contributed by atoms with Crippen molar-refractivity contribution in [1.82, 2.24) is 0 Å². The van der Waals surface area contributed by atoms with Gasteiger partial charge >= 0.3 is 5.97 Å². The van der Waals surface area contributed by atoms with Gasteiger partial charge in [-0.2, -0.15) is 0 Å². The quantitative estimate of drug-likeness (QED) is 0.105. The summed E-state index contributed by atoms with van der Waals surface area (Å²) in [5.41, 5.74) is 0. The maximum absolute atomic E-state index is 13.6. The molecule has 0 unspecified atom stereocenters. The SMILES string of the molecule is C[C@H]1/C=C\C[C@H](O[Si](c2ccccc2)(c2ccccc2)C(C)(C)C)[C@@H](CO[Si](c2ccccc2)(c2ccccc2)C(C)(C)C)OC(=O)C1. The molecule has 0 N–H and O–H groups in total. The summed E-state index contributed by atoms with van der Waals surface area (Å²) >= 11 is 0. The number of carbonyl (C=O) groups is 1. The number of ether oxygens (including phenoxy) is 1. The summed E-state index contributed by atoms with van der Waals surface area (Å²) in [5.74, 6) is -0.150. The predicted octanol–water partition coefficient (Wildman–Crippen LogP) is 7.41. The van der Waals surface area contributed by atoms with Crippen molar-refractivity contribution >= 4 is 43.4 Å². The Morgan fingerprint density at radius 1 is 0.646 bits per heavy atom. The van der Waals surface area contributed by atoms with E-state index in [1.165, 1.54) is 20.7 Å². The number of hydrogen-bond donors (Lipinski definition) is 0. The third-order valence-corrected chi connectivity index (χ3v) is 19.7. The second-order valence-electron chi connectivity index (χ2n) is 15.2. The first-order valence-electron chi connectivity index (χ1n) is 17.3. The van der Waals surface area contributed by atoms with Crippen LogP contribution in [0.5, 0.6) is 0 Å². The summed E-state index contributed by atoms with van der Waals surface area (Å²) in [4.78, 5) is 13.6. The van der Waals surface area contributed by atoms with E-state index in [1.54, 1.807) is 0 Å². The summed E-state index contributed by atoms with van der Waals surface area (Å²) in [6.45, 7) is 16.0. The Labute approximate surface area is 290 Å². The van der Waals surface area contributed by atoms with Crippen molar-refractivity contribution in [3.63, 3.8) is 0 Å². The van der Waals surface area contributed by atoms with Crippen molar-refractivity contribution in [2.75, 3.05) is 6.61 Å². The van der Waals surface area contributed by atoms with Crippen molar-refractivity contribution in [1.29, 1.82) is 0 Å². The van der Waals surface area contributed by atoms with Gasteiger partial charge in [0, 0.05) is 0 Å². The van der Waals surface area contributed by atoms with Crippen LogP contribution >= 0.6 is 0 Å². The number of benzene rings is 4. The summed E-state index contributed by atoms with van der Waals surface area (Å²) in [6.07, 6.45) is 4.20. The van der Waals surface area contributed by atoms with Crippen LogP contribution in [0.1, 0.15) is 61.3 Å². The Kier molecular flexibility index (Phi) is 11.1. The van der Waals surface area contributed by atoms with Crippen molar-refractivity contribution in [3.05, 3.63) is 133 Å². The zero-order valence-electron chi connectivity index (χ0n) is 29.7. The molecule has 0 saturated heterocycles. The fourth-order valence-corrected chi connectivity index (χ4v) is 16.7. The number of hydrogen-bond acceptors (Lipinski definition) is 4. The van der Waals surface area contributed by atoms with Gasteiger partial charge in [0.05, 0.1) is 19.1 Å². The minimum atomic E-state index is -2.98. The van der Waals surface area contributed by atoms with Crippen LogP contribution in [0.3, 0.4) is 0 Å². The zero-order chi connectivity index (χ0) is 34.4. The molecule has 0 bridgehead atoms. The summed E-state index contributed by atoms with van der Waals surface area (Å²) in [5, 5.41) is 4.31. The van der Waals surface area contributed by atoms with Gasteiger partial charge in [0.1, 0.15) is 6.10 Å². The van der Waals surface area contributed by atoms with E-state index in [2.05, 4.69) is 182 Å². The van der Waals surface area contributed by atoms with Gasteiger partial charge in [-0.1, -0.05) is 182 Å². The van der Waals surface area contributed by atoms with Crippen LogP contribution in [-0.4, -0.2) is 41.4 Å². The number of esters is 1. The second kappa shape index (κ2) is 14.9. The molecule has 0 saturated carbocycles. The third-order valence-electron chi connectivity index (χ3n) is 9.65. The second-order valence-corrected chi connectivity index (χ2v) is 23.7. The Balaban J connectivity index is 1.65. The number of cyclic esters (lactones) is 1. The molecule has 0 aliphatic carbocycles. The van der Waals surface area contributed by atoms with Gasteiger partial charge in [0.25, 0.3) is 16.6 Å². The zero-order valence-corrected chi connectivity index (χ0v) is 31.7. The Hall–Kier alpha value is -3.56. The molecule has 0 amide bonds.